The monoisotopic (exact) mass is 358 g/mol. The lowest BCUT2D eigenvalue weighted by Gasteiger charge is -2.32. The first-order valence-corrected chi connectivity index (χ1v) is 10.5. The fourth-order valence-corrected chi connectivity index (χ4v) is 4.37. The Morgan fingerprint density at radius 3 is 2.61 bits per heavy atom. The minimum absolute atomic E-state index is 0.245. The zero-order valence-corrected chi connectivity index (χ0v) is 15.4. The van der Waals surface area contributed by atoms with E-state index in [0.717, 1.165) is 55.9 Å². The molecule has 1 aliphatic heterocycles. The number of sulfonamides is 1. The highest BCUT2D eigenvalue weighted by Gasteiger charge is 2.21. The number of piperidine rings is 1. The number of nitrogens with zero attached hydrogens (tertiary/aromatic N) is 1. The molecule has 130 valence electrons. The van der Waals surface area contributed by atoms with Crippen molar-refractivity contribution in [1.82, 2.24) is 9.62 Å². The molecule has 0 aromatic heterocycles. The van der Waals surface area contributed by atoms with Gasteiger partial charge in [-0.1, -0.05) is 43.1 Å². The highest BCUT2D eigenvalue weighted by Crippen LogP contribution is 2.22. The molecule has 1 N–H and O–H groups in total. The molecule has 0 atom stereocenters. The molecule has 0 unspecified atom stereocenters. The van der Waals surface area contributed by atoms with Crippen molar-refractivity contribution in [3.8, 4) is 0 Å². The number of benzene rings is 1. The number of hydrogen-bond acceptors (Lipinski definition) is 3. The fourth-order valence-electron chi connectivity index (χ4n) is 2.87. The van der Waals surface area contributed by atoms with Crippen molar-refractivity contribution in [1.29, 1.82) is 0 Å². The molecule has 6 heteroatoms. The van der Waals surface area contributed by atoms with Crippen LogP contribution in [0.4, 0.5) is 0 Å². The van der Waals surface area contributed by atoms with Gasteiger partial charge in [-0.05, 0) is 49.9 Å². The number of nitrogens with one attached hydrogen (secondary N) is 1. The van der Waals surface area contributed by atoms with Gasteiger partial charge in [0.15, 0.2) is 0 Å². The molecule has 1 aliphatic rings. The molecular weight excluding hydrogens is 332 g/mol. The summed E-state index contributed by atoms with van der Waals surface area (Å²) in [5.41, 5.74) is 1.16. The van der Waals surface area contributed by atoms with E-state index in [1.807, 2.05) is 25.1 Å². The molecule has 2 rings (SSSR count). The zero-order valence-electron chi connectivity index (χ0n) is 13.8. The van der Waals surface area contributed by atoms with Crippen molar-refractivity contribution in [2.24, 2.45) is 5.92 Å². The molecule has 0 spiro atoms. The van der Waals surface area contributed by atoms with Crippen LogP contribution in [0.3, 0.4) is 0 Å². The van der Waals surface area contributed by atoms with Gasteiger partial charge in [0, 0.05) is 18.1 Å². The smallest absolute Gasteiger partial charge is 0.211 e. The lowest BCUT2D eigenvalue weighted by atomic mass is 9.97. The largest absolute Gasteiger partial charge is 0.299 e. The molecule has 4 nitrogen and oxygen atoms in total. The quantitative estimate of drug-likeness (QED) is 0.775. The van der Waals surface area contributed by atoms with E-state index >= 15 is 0 Å². The number of rotatable bonds is 8. The Bertz CT molecular complexity index is 584. The summed E-state index contributed by atoms with van der Waals surface area (Å²) in [5.74, 6) is 0.684. The number of halogens is 1. The van der Waals surface area contributed by atoms with Gasteiger partial charge >= 0.3 is 0 Å². The maximum Gasteiger partial charge on any atom is 0.211 e. The van der Waals surface area contributed by atoms with Crippen LogP contribution in [0.1, 0.15) is 38.2 Å². The summed E-state index contributed by atoms with van der Waals surface area (Å²) in [5, 5.41) is 0.818. The van der Waals surface area contributed by atoms with Gasteiger partial charge in [-0.15, -0.1) is 0 Å². The third kappa shape index (κ3) is 6.42. The van der Waals surface area contributed by atoms with E-state index in [4.69, 9.17) is 11.6 Å². The second kappa shape index (κ2) is 9.02. The van der Waals surface area contributed by atoms with E-state index < -0.39 is 10.0 Å². The van der Waals surface area contributed by atoms with E-state index in [1.54, 1.807) is 0 Å². The number of hydrogen-bond donors (Lipinski definition) is 1. The standard InChI is InChI=1S/C17H27ClN2O2S/c1-2-3-12-23(21,22)19-13-15-8-10-20(11-9-15)14-16-6-4-5-7-17(16)18/h4-7,15,19H,2-3,8-14H2,1H3. The molecule has 1 fully saturated rings. The van der Waals surface area contributed by atoms with Crippen molar-refractivity contribution in [3.63, 3.8) is 0 Å². The molecule has 0 saturated carbocycles. The van der Waals surface area contributed by atoms with Crippen LogP contribution in [0.2, 0.25) is 5.02 Å². The van der Waals surface area contributed by atoms with E-state index in [1.165, 1.54) is 0 Å². The molecule has 1 aromatic carbocycles. The summed E-state index contributed by atoms with van der Waals surface area (Å²) in [4.78, 5) is 2.39. The Kier molecular flexibility index (Phi) is 7.34. The maximum absolute atomic E-state index is 11.8. The van der Waals surface area contributed by atoms with Crippen LogP contribution in [0, 0.1) is 5.92 Å². The lowest BCUT2D eigenvalue weighted by Crippen LogP contribution is -2.38. The van der Waals surface area contributed by atoms with Gasteiger partial charge in [-0.25, -0.2) is 13.1 Å². The van der Waals surface area contributed by atoms with Gasteiger partial charge in [-0.2, -0.15) is 0 Å². The molecule has 0 aliphatic carbocycles. The van der Waals surface area contributed by atoms with Crippen LogP contribution in [0.15, 0.2) is 24.3 Å². The molecule has 0 bridgehead atoms. The van der Waals surface area contributed by atoms with E-state index in [-0.39, 0.29) is 5.75 Å². The van der Waals surface area contributed by atoms with Crippen LogP contribution < -0.4 is 4.72 Å². The molecule has 0 amide bonds. The Balaban J connectivity index is 1.73. The summed E-state index contributed by atoms with van der Waals surface area (Å²) >= 11 is 6.21. The van der Waals surface area contributed by atoms with Gasteiger partial charge in [0.05, 0.1) is 5.75 Å². The molecule has 1 saturated heterocycles. The molecule has 0 radical (unpaired) electrons. The third-order valence-corrected chi connectivity index (χ3v) is 6.22. The summed E-state index contributed by atoms with van der Waals surface area (Å²) < 4.78 is 26.4. The predicted molar refractivity (Wildman–Crippen MR) is 96.2 cm³/mol. The van der Waals surface area contributed by atoms with Crippen molar-refractivity contribution in [2.75, 3.05) is 25.4 Å². The Labute approximate surface area is 145 Å². The van der Waals surface area contributed by atoms with Gasteiger partial charge < -0.3 is 0 Å². The summed E-state index contributed by atoms with van der Waals surface area (Å²) in [7, 11) is -3.09. The molecule has 1 heterocycles. The Hall–Kier alpha value is -0.620. The number of unbranched alkanes of at least 4 members (excludes halogenated alkanes) is 1. The van der Waals surface area contributed by atoms with Crippen molar-refractivity contribution in [2.45, 2.75) is 39.2 Å². The second-order valence-electron chi connectivity index (χ2n) is 6.33. The van der Waals surface area contributed by atoms with E-state index in [9.17, 15) is 8.42 Å². The van der Waals surface area contributed by atoms with E-state index in [0.29, 0.717) is 12.5 Å². The first kappa shape index (κ1) is 18.7. The first-order chi connectivity index (χ1) is 11.0. The summed E-state index contributed by atoms with van der Waals surface area (Å²) in [6, 6.07) is 7.95. The average Bonchev–Trinajstić information content (AvgIpc) is 2.55. The molecule has 23 heavy (non-hydrogen) atoms. The minimum Gasteiger partial charge on any atom is -0.299 e. The van der Waals surface area contributed by atoms with Gasteiger partial charge in [0.1, 0.15) is 0 Å². The molecule has 1 aromatic rings. The topological polar surface area (TPSA) is 49.4 Å². The van der Waals surface area contributed by atoms with Crippen molar-refractivity contribution >= 4 is 21.6 Å². The third-order valence-electron chi connectivity index (χ3n) is 4.42. The first-order valence-electron chi connectivity index (χ1n) is 8.43. The number of likely N-dealkylation sites (tertiary alicyclic amines) is 1. The van der Waals surface area contributed by atoms with Crippen LogP contribution in [-0.4, -0.2) is 38.7 Å². The molecular formula is C17H27ClN2O2S. The zero-order chi connectivity index (χ0) is 16.7. The summed E-state index contributed by atoms with van der Waals surface area (Å²) in [6.45, 7) is 5.43. The van der Waals surface area contributed by atoms with Crippen LogP contribution in [0.25, 0.3) is 0 Å². The normalized spacial score (nSPS) is 17.5. The van der Waals surface area contributed by atoms with Crippen LogP contribution in [0.5, 0.6) is 0 Å². The van der Waals surface area contributed by atoms with E-state index in [2.05, 4.69) is 15.7 Å². The summed E-state index contributed by atoms with van der Waals surface area (Å²) in [6.07, 6.45) is 3.69. The average molecular weight is 359 g/mol. The van der Waals surface area contributed by atoms with Crippen LogP contribution in [-0.2, 0) is 16.6 Å². The SMILES string of the molecule is CCCCS(=O)(=O)NCC1CCN(Cc2ccccc2Cl)CC1. The van der Waals surface area contributed by atoms with Gasteiger partial charge in [0.25, 0.3) is 0 Å². The fraction of sp³-hybridized carbons (Fsp3) is 0.647. The highest BCUT2D eigenvalue weighted by atomic mass is 35.5. The second-order valence-corrected chi connectivity index (χ2v) is 8.67. The lowest BCUT2D eigenvalue weighted by molar-refractivity contribution is 0.178. The van der Waals surface area contributed by atoms with Gasteiger partial charge in [0.2, 0.25) is 10.0 Å². The highest BCUT2D eigenvalue weighted by molar-refractivity contribution is 7.89. The van der Waals surface area contributed by atoms with Crippen LogP contribution >= 0.6 is 11.6 Å². The van der Waals surface area contributed by atoms with Gasteiger partial charge in [-0.3, -0.25) is 4.90 Å². The predicted octanol–water partition coefficient (Wildman–Crippen LogP) is 3.27. The van der Waals surface area contributed by atoms with Crippen molar-refractivity contribution < 1.29 is 8.42 Å². The Morgan fingerprint density at radius 1 is 1.26 bits per heavy atom. The van der Waals surface area contributed by atoms with Crippen molar-refractivity contribution in [3.05, 3.63) is 34.9 Å². The Morgan fingerprint density at radius 2 is 1.96 bits per heavy atom. The maximum atomic E-state index is 11.8. The minimum atomic E-state index is -3.09.